The second-order valence-corrected chi connectivity index (χ2v) is 6.33. The number of benzene rings is 1. The molecule has 0 bridgehead atoms. The fourth-order valence-electron chi connectivity index (χ4n) is 3.00. The quantitative estimate of drug-likeness (QED) is 0.907. The summed E-state index contributed by atoms with van der Waals surface area (Å²) in [6.45, 7) is 4.93. The second kappa shape index (κ2) is 6.33. The molecular weight excluding hydrogens is 297 g/mol. The number of likely N-dealkylation sites (tertiary alicyclic amines) is 1. The molecule has 1 aliphatic rings. The van der Waals surface area contributed by atoms with Crippen molar-refractivity contribution in [3.05, 3.63) is 33.8 Å². The standard InChI is InChI=1S/C15H19Cl2NO2/c1-9-7-11(15(19)20)5-6-18(9)10(2)13-8-12(16)3-4-14(13)17/h3-4,8-11H,5-7H2,1-2H3,(H,19,20). The van der Waals surface area contributed by atoms with Crippen molar-refractivity contribution in [1.29, 1.82) is 0 Å². The maximum absolute atomic E-state index is 11.1. The van der Waals surface area contributed by atoms with Gasteiger partial charge < -0.3 is 5.11 Å². The van der Waals surface area contributed by atoms with Crippen molar-refractivity contribution in [1.82, 2.24) is 4.90 Å². The molecular formula is C15H19Cl2NO2. The van der Waals surface area contributed by atoms with E-state index >= 15 is 0 Å². The topological polar surface area (TPSA) is 40.5 Å². The molecule has 0 radical (unpaired) electrons. The van der Waals surface area contributed by atoms with Crippen molar-refractivity contribution in [3.63, 3.8) is 0 Å². The molecule has 1 fully saturated rings. The van der Waals surface area contributed by atoms with Gasteiger partial charge in [-0.1, -0.05) is 23.2 Å². The van der Waals surface area contributed by atoms with Crippen molar-refractivity contribution in [2.24, 2.45) is 5.92 Å². The van der Waals surface area contributed by atoms with Crippen LogP contribution in [0.4, 0.5) is 0 Å². The predicted molar refractivity (Wildman–Crippen MR) is 81.4 cm³/mol. The molecule has 1 aliphatic heterocycles. The van der Waals surface area contributed by atoms with Crippen LogP contribution in [-0.2, 0) is 4.79 Å². The summed E-state index contributed by atoms with van der Waals surface area (Å²) in [6.07, 6.45) is 1.36. The first-order chi connectivity index (χ1) is 9.40. The number of rotatable bonds is 3. The maximum Gasteiger partial charge on any atom is 0.306 e. The third-order valence-electron chi connectivity index (χ3n) is 4.18. The lowest BCUT2D eigenvalue weighted by Crippen LogP contribution is -2.43. The fraction of sp³-hybridized carbons (Fsp3) is 0.533. The fourth-order valence-corrected chi connectivity index (χ4v) is 3.46. The predicted octanol–water partition coefficient (Wildman–Crippen LogP) is 4.24. The van der Waals surface area contributed by atoms with Gasteiger partial charge in [0.15, 0.2) is 0 Å². The number of piperidine rings is 1. The highest BCUT2D eigenvalue weighted by atomic mass is 35.5. The minimum atomic E-state index is -0.690. The second-order valence-electron chi connectivity index (χ2n) is 5.49. The molecule has 1 aromatic carbocycles. The van der Waals surface area contributed by atoms with Crippen LogP contribution in [0.15, 0.2) is 18.2 Å². The molecule has 5 heteroatoms. The van der Waals surface area contributed by atoms with Gasteiger partial charge in [0.1, 0.15) is 0 Å². The van der Waals surface area contributed by atoms with Gasteiger partial charge >= 0.3 is 5.97 Å². The van der Waals surface area contributed by atoms with E-state index < -0.39 is 5.97 Å². The molecule has 0 saturated carbocycles. The molecule has 1 heterocycles. The summed E-state index contributed by atoms with van der Waals surface area (Å²) in [5.41, 5.74) is 1.000. The highest BCUT2D eigenvalue weighted by molar-refractivity contribution is 6.33. The molecule has 0 aromatic heterocycles. The number of hydrogen-bond acceptors (Lipinski definition) is 2. The number of carbonyl (C=O) groups is 1. The van der Waals surface area contributed by atoms with Gasteiger partial charge in [-0.3, -0.25) is 9.69 Å². The van der Waals surface area contributed by atoms with Gasteiger partial charge in [0.05, 0.1) is 5.92 Å². The van der Waals surface area contributed by atoms with E-state index in [1.165, 1.54) is 0 Å². The van der Waals surface area contributed by atoms with Crippen molar-refractivity contribution >= 4 is 29.2 Å². The zero-order valence-electron chi connectivity index (χ0n) is 11.6. The first kappa shape index (κ1) is 15.6. The summed E-state index contributed by atoms with van der Waals surface area (Å²) < 4.78 is 0. The average Bonchev–Trinajstić information content (AvgIpc) is 2.40. The molecule has 110 valence electrons. The minimum Gasteiger partial charge on any atom is -0.481 e. The molecule has 3 atom stereocenters. The first-order valence-corrected chi connectivity index (χ1v) is 7.59. The number of aliphatic carboxylic acids is 1. The van der Waals surface area contributed by atoms with Crippen LogP contribution in [0.2, 0.25) is 10.0 Å². The van der Waals surface area contributed by atoms with Crippen LogP contribution in [0.3, 0.4) is 0 Å². The Kier molecular flexibility index (Phi) is 4.95. The number of hydrogen-bond donors (Lipinski definition) is 1. The van der Waals surface area contributed by atoms with E-state index in [1.807, 2.05) is 12.1 Å². The highest BCUT2D eigenvalue weighted by Crippen LogP contribution is 2.35. The van der Waals surface area contributed by atoms with Crippen molar-refractivity contribution in [2.75, 3.05) is 6.54 Å². The molecule has 3 unspecified atom stereocenters. The molecule has 0 amide bonds. The zero-order chi connectivity index (χ0) is 14.9. The molecule has 0 aliphatic carbocycles. The van der Waals surface area contributed by atoms with Crippen LogP contribution in [-0.4, -0.2) is 28.6 Å². The summed E-state index contributed by atoms with van der Waals surface area (Å²) in [7, 11) is 0. The Labute approximate surface area is 129 Å². The minimum absolute atomic E-state index is 0.131. The van der Waals surface area contributed by atoms with Crippen LogP contribution < -0.4 is 0 Å². The van der Waals surface area contributed by atoms with E-state index in [0.717, 1.165) is 12.1 Å². The third kappa shape index (κ3) is 3.27. The zero-order valence-corrected chi connectivity index (χ0v) is 13.2. The number of carboxylic acids is 1. The molecule has 1 N–H and O–H groups in total. The Morgan fingerprint density at radius 1 is 1.45 bits per heavy atom. The molecule has 0 spiro atoms. The molecule has 3 nitrogen and oxygen atoms in total. The molecule has 1 saturated heterocycles. The summed E-state index contributed by atoms with van der Waals surface area (Å²) in [5.74, 6) is -0.923. The van der Waals surface area contributed by atoms with Gasteiger partial charge in [-0.2, -0.15) is 0 Å². The normalized spacial score (nSPS) is 25.4. The lowest BCUT2D eigenvalue weighted by Gasteiger charge is -2.40. The average molecular weight is 316 g/mol. The summed E-state index contributed by atoms with van der Waals surface area (Å²) in [5, 5.41) is 10.5. The number of carboxylic acid groups (broad SMARTS) is 1. The Bertz CT molecular complexity index is 507. The van der Waals surface area contributed by atoms with E-state index in [-0.39, 0.29) is 18.0 Å². The third-order valence-corrected chi connectivity index (χ3v) is 4.76. The Hall–Kier alpha value is -0.770. The van der Waals surface area contributed by atoms with Crippen LogP contribution >= 0.6 is 23.2 Å². The van der Waals surface area contributed by atoms with E-state index in [0.29, 0.717) is 22.9 Å². The first-order valence-electron chi connectivity index (χ1n) is 6.83. The van der Waals surface area contributed by atoms with Crippen LogP contribution in [0.25, 0.3) is 0 Å². The Morgan fingerprint density at radius 2 is 2.15 bits per heavy atom. The van der Waals surface area contributed by atoms with Crippen LogP contribution in [0, 0.1) is 5.92 Å². The summed E-state index contributed by atoms with van der Waals surface area (Å²) in [4.78, 5) is 13.4. The van der Waals surface area contributed by atoms with Crippen LogP contribution in [0.1, 0.15) is 38.3 Å². The summed E-state index contributed by atoms with van der Waals surface area (Å²) in [6, 6.07) is 5.83. The monoisotopic (exact) mass is 315 g/mol. The van der Waals surface area contributed by atoms with Gasteiger partial charge in [-0.05, 0) is 57.0 Å². The van der Waals surface area contributed by atoms with Crippen molar-refractivity contribution < 1.29 is 9.90 Å². The lowest BCUT2D eigenvalue weighted by atomic mass is 9.89. The van der Waals surface area contributed by atoms with E-state index in [1.54, 1.807) is 6.07 Å². The number of halogens is 2. The Morgan fingerprint density at radius 3 is 2.75 bits per heavy atom. The maximum atomic E-state index is 11.1. The van der Waals surface area contributed by atoms with E-state index in [2.05, 4.69) is 18.7 Å². The van der Waals surface area contributed by atoms with Gasteiger partial charge in [0.2, 0.25) is 0 Å². The molecule has 2 rings (SSSR count). The smallest absolute Gasteiger partial charge is 0.306 e. The van der Waals surface area contributed by atoms with Gasteiger partial charge in [0, 0.05) is 22.1 Å². The summed E-state index contributed by atoms with van der Waals surface area (Å²) >= 11 is 12.3. The Balaban J connectivity index is 2.15. The van der Waals surface area contributed by atoms with Crippen molar-refractivity contribution in [3.8, 4) is 0 Å². The van der Waals surface area contributed by atoms with Gasteiger partial charge in [-0.25, -0.2) is 0 Å². The van der Waals surface area contributed by atoms with Crippen LogP contribution in [0.5, 0.6) is 0 Å². The molecule has 20 heavy (non-hydrogen) atoms. The van der Waals surface area contributed by atoms with Gasteiger partial charge in [-0.15, -0.1) is 0 Å². The number of nitrogens with zero attached hydrogens (tertiary/aromatic N) is 1. The van der Waals surface area contributed by atoms with Crippen molar-refractivity contribution in [2.45, 2.75) is 38.8 Å². The SMILES string of the molecule is CC1CC(C(=O)O)CCN1C(C)c1cc(Cl)ccc1Cl. The lowest BCUT2D eigenvalue weighted by molar-refractivity contribution is -0.144. The van der Waals surface area contributed by atoms with E-state index in [9.17, 15) is 4.79 Å². The van der Waals surface area contributed by atoms with E-state index in [4.69, 9.17) is 28.3 Å². The highest BCUT2D eigenvalue weighted by Gasteiger charge is 2.32. The van der Waals surface area contributed by atoms with Gasteiger partial charge in [0.25, 0.3) is 0 Å². The largest absolute Gasteiger partial charge is 0.481 e. The molecule has 1 aromatic rings.